The number of hydrogen-bond acceptors (Lipinski definition) is 2. The van der Waals surface area contributed by atoms with Crippen molar-refractivity contribution in [1.29, 1.82) is 0 Å². The molecule has 0 bridgehead atoms. The summed E-state index contributed by atoms with van der Waals surface area (Å²) in [5.41, 5.74) is 13.8. The summed E-state index contributed by atoms with van der Waals surface area (Å²) in [7, 11) is 0. The van der Waals surface area contributed by atoms with E-state index in [1.165, 1.54) is 22.3 Å². The van der Waals surface area contributed by atoms with E-state index in [1.807, 2.05) is 19.1 Å². The topological polar surface area (TPSA) is 38.0 Å². The van der Waals surface area contributed by atoms with Crippen molar-refractivity contribution in [2.75, 3.05) is 6.54 Å². The lowest BCUT2D eigenvalue weighted by Crippen LogP contribution is -2.14. The van der Waals surface area contributed by atoms with E-state index in [4.69, 9.17) is 5.73 Å². The van der Waals surface area contributed by atoms with Gasteiger partial charge in [0, 0.05) is 12.2 Å². The third kappa shape index (κ3) is 8.43. The molecule has 0 radical (unpaired) electrons. The van der Waals surface area contributed by atoms with Crippen LogP contribution in [-0.4, -0.2) is 6.54 Å². The molecule has 0 fully saturated rings. The van der Waals surface area contributed by atoms with Crippen LogP contribution >= 0.6 is 0 Å². The van der Waals surface area contributed by atoms with Gasteiger partial charge in [-0.1, -0.05) is 69.5 Å². The Kier molecular flexibility index (Phi) is 10.6. The summed E-state index contributed by atoms with van der Waals surface area (Å²) >= 11 is 0. The van der Waals surface area contributed by atoms with Gasteiger partial charge < -0.3 is 11.1 Å². The molecule has 0 atom stereocenters. The van der Waals surface area contributed by atoms with Crippen LogP contribution in [0.2, 0.25) is 0 Å². The number of nitrogens with two attached hydrogens (primary N) is 1. The van der Waals surface area contributed by atoms with Gasteiger partial charge in [-0.25, -0.2) is 0 Å². The molecule has 1 rings (SSSR count). The summed E-state index contributed by atoms with van der Waals surface area (Å²) in [4.78, 5) is 0. The Hall–Kier alpha value is -2.74. The molecule has 2 nitrogen and oxygen atoms in total. The van der Waals surface area contributed by atoms with Crippen LogP contribution in [0.4, 0.5) is 0 Å². The maximum Gasteiger partial charge on any atom is 0.0340 e. The standard InChI is InChI=1S/C27H38N2/c1-8-21(5)25(9-2)18-22(6)27(14-16-28)19-24-10-12-26(13-11-24)23(7)29-17-15-20(3)4/h8-14,16,18,20,29H,2,7,15,17,19,28H2,1,3-6H3/b16-14-,21-8-,25-18-,27-22-. The third-order valence-electron chi connectivity index (χ3n) is 5.04. The Bertz CT molecular complexity index is 799. The number of allylic oxidation sites excluding steroid dienone is 8. The maximum absolute atomic E-state index is 5.71. The number of nitrogens with one attached hydrogen (secondary N) is 1. The SMILES string of the molecule is C=CC(=C/C(C)=C(/C=C\N)Cc1ccc(C(=C)NCCC(C)C)cc1)/C(C)=C\C. The Balaban J connectivity index is 2.98. The lowest BCUT2D eigenvalue weighted by atomic mass is 9.96. The smallest absolute Gasteiger partial charge is 0.0340 e. The molecule has 0 aromatic heterocycles. The van der Waals surface area contributed by atoms with Crippen LogP contribution in [0.15, 0.2) is 90.2 Å². The lowest BCUT2D eigenvalue weighted by molar-refractivity contribution is 0.574. The summed E-state index contributed by atoms with van der Waals surface area (Å²) < 4.78 is 0. The first-order valence-electron chi connectivity index (χ1n) is 10.4. The number of benzene rings is 1. The zero-order valence-electron chi connectivity index (χ0n) is 18.9. The van der Waals surface area contributed by atoms with Crippen LogP contribution in [0.3, 0.4) is 0 Å². The van der Waals surface area contributed by atoms with E-state index in [0.717, 1.165) is 36.2 Å². The summed E-state index contributed by atoms with van der Waals surface area (Å²) in [5.74, 6) is 0.689. The molecule has 0 spiro atoms. The number of hydrogen-bond donors (Lipinski definition) is 2. The summed E-state index contributed by atoms with van der Waals surface area (Å²) in [6.45, 7) is 19.8. The van der Waals surface area contributed by atoms with E-state index in [9.17, 15) is 0 Å². The fourth-order valence-corrected chi connectivity index (χ4v) is 2.93. The normalized spacial score (nSPS) is 13.6. The van der Waals surface area contributed by atoms with Gasteiger partial charge in [0.05, 0.1) is 0 Å². The van der Waals surface area contributed by atoms with Crippen molar-refractivity contribution in [1.82, 2.24) is 5.32 Å². The van der Waals surface area contributed by atoms with Gasteiger partial charge in [-0.3, -0.25) is 0 Å². The van der Waals surface area contributed by atoms with E-state index in [1.54, 1.807) is 6.20 Å². The van der Waals surface area contributed by atoms with Crippen LogP contribution in [-0.2, 0) is 6.42 Å². The van der Waals surface area contributed by atoms with Crippen molar-refractivity contribution in [2.45, 2.75) is 47.5 Å². The molecule has 0 aliphatic carbocycles. The minimum Gasteiger partial charge on any atom is -0.405 e. The van der Waals surface area contributed by atoms with E-state index in [2.05, 4.69) is 82.6 Å². The molecule has 1 aromatic carbocycles. The fourth-order valence-electron chi connectivity index (χ4n) is 2.93. The Morgan fingerprint density at radius 1 is 1.17 bits per heavy atom. The average molecular weight is 391 g/mol. The highest BCUT2D eigenvalue weighted by atomic mass is 14.9. The summed E-state index contributed by atoms with van der Waals surface area (Å²) in [5, 5.41) is 3.42. The first kappa shape index (κ1) is 24.3. The van der Waals surface area contributed by atoms with Gasteiger partial charge in [0.15, 0.2) is 0 Å². The Labute approximate surface area is 178 Å². The highest BCUT2D eigenvalue weighted by molar-refractivity contribution is 5.61. The van der Waals surface area contributed by atoms with Gasteiger partial charge in [-0.15, -0.1) is 0 Å². The highest BCUT2D eigenvalue weighted by Crippen LogP contribution is 2.20. The van der Waals surface area contributed by atoms with Crippen molar-refractivity contribution in [2.24, 2.45) is 11.7 Å². The molecular weight excluding hydrogens is 352 g/mol. The van der Waals surface area contributed by atoms with E-state index in [0.29, 0.717) is 5.92 Å². The minimum absolute atomic E-state index is 0.689. The van der Waals surface area contributed by atoms with E-state index < -0.39 is 0 Å². The van der Waals surface area contributed by atoms with Gasteiger partial charge >= 0.3 is 0 Å². The number of rotatable bonds is 11. The lowest BCUT2D eigenvalue weighted by Gasteiger charge is -2.12. The van der Waals surface area contributed by atoms with Gasteiger partial charge in [0.1, 0.15) is 0 Å². The van der Waals surface area contributed by atoms with Crippen LogP contribution in [0.1, 0.15) is 52.2 Å². The zero-order chi connectivity index (χ0) is 21.8. The molecule has 0 aliphatic heterocycles. The molecule has 156 valence electrons. The first-order chi connectivity index (χ1) is 13.8. The maximum atomic E-state index is 5.71. The van der Waals surface area contributed by atoms with Crippen LogP contribution < -0.4 is 11.1 Å². The molecule has 0 aliphatic rings. The molecule has 0 saturated heterocycles. The molecule has 1 aromatic rings. The second-order valence-corrected chi connectivity index (χ2v) is 7.80. The molecule has 29 heavy (non-hydrogen) atoms. The summed E-state index contributed by atoms with van der Waals surface area (Å²) in [6, 6.07) is 8.59. The minimum atomic E-state index is 0.689. The molecule has 3 N–H and O–H groups in total. The van der Waals surface area contributed by atoms with Crippen molar-refractivity contribution < 1.29 is 0 Å². The zero-order valence-corrected chi connectivity index (χ0v) is 18.9. The molecule has 0 unspecified atom stereocenters. The Morgan fingerprint density at radius 2 is 1.83 bits per heavy atom. The Morgan fingerprint density at radius 3 is 2.34 bits per heavy atom. The predicted molar refractivity (Wildman–Crippen MR) is 130 cm³/mol. The van der Waals surface area contributed by atoms with Gasteiger partial charge in [0.25, 0.3) is 0 Å². The quantitative estimate of drug-likeness (QED) is 0.412. The van der Waals surface area contributed by atoms with Crippen molar-refractivity contribution in [3.63, 3.8) is 0 Å². The second kappa shape index (κ2) is 12.7. The molecule has 0 heterocycles. The third-order valence-corrected chi connectivity index (χ3v) is 5.04. The average Bonchev–Trinajstić information content (AvgIpc) is 2.71. The second-order valence-electron chi connectivity index (χ2n) is 7.80. The van der Waals surface area contributed by atoms with Crippen molar-refractivity contribution >= 4 is 5.70 Å². The van der Waals surface area contributed by atoms with E-state index >= 15 is 0 Å². The van der Waals surface area contributed by atoms with Crippen LogP contribution in [0.25, 0.3) is 5.70 Å². The van der Waals surface area contributed by atoms with Crippen molar-refractivity contribution in [3.8, 4) is 0 Å². The van der Waals surface area contributed by atoms with Crippen LogP contribution in [0.5, 0.6) is 0 Å². The largest absolute Gasteiger partial charge is 0.405 e. The van der Waals surface area contributed by atoms with Crippen LogP contribution in [0, 0.1) is 5.92 Å². The van der Waals surface area contributed by atoms with Gasteiger partial charge in [-0.05, 0) is 85.2 Å². The molecule has 2 heteroatoms. The molecule has 0 amide bonds. The van der Waals surface area contributed by atoms with Gasteiger partial charge in [-0.2, -0.15) is 0 Å². The predicted octanol–water partition coefficient (Wildman–Crippen LogP) is 6.70. The van der Waals surface area contributed by atoms with E-state index in [-0.39, 0.29) is 0 Å². The summed E-state index contributed by atoms with van der Waals surface area (Å²) in [6.07, 6.45) is 11.7. The first-order valence-corrected chi connectivity index (χ1v) is 10.4. The molecular formula is C27H38N2. The monoisotopic (exact) mass is 390 g/mol. The van der Waals surface area contributed by atoms with Crippen molar-refractivity contribution in [3.05, 3.63) is 101 Å². The highest BCUT2D eigenvalue weighted by Gasteiger charge is 2.04. The molecule has 0 saturated carbocycles. The van der Waals surface area contributed by atoms with Gasteiger partial charge in [0.2, 0.25) is 0 Å². The fraction of sp³-hybridized carbons (Fsp3) is 0.333.